The molecule has 0 saturated carbocycles. The van der Waals surface area contributed by atoms with E-state index in [4.69, 9.17) is 21.4 Å². The van der Waals surface area contributed by atoms with Crippen molar-refractivity contribution < 1.29 is 23.4 Å². The van der Waals surface area contributed by atoms with Crippen LogP contribution < -0.4 is 4.74 Å². The summed E-state index contributed by atoms with van der Waals surface area (Å²) in [6.45, 7) is -0.0944. The largest absolute Gasteiger partial charge is 0.488 e. The summed E-state index contributed by atoms with van der Waals surface area (Å²) in [6, 6.07) is 7.43. The number of halogens is 3. The van der Waals surface area contributed by atoms with Crippen LogP contribution in [-0.2, 0) is 6.61 Å². The number of hydrogen-bond donors (Lipinski definition) is 1. The van der Waals surface area contributed by atoms with Gasteiger partial charge in [0.15, 0.2) is 0 Å². The number of carboxylic acid groups (broad SMARTS) is 1. The summed E-state index contributed by atoms with van der Waals surface area (Å²) in [5.74, 6) is -2.92. The summed E-state index contributed by atoms with van der Waals surface area (Å²) in [6.07, 6.45) is 0. The van der Waals surface area contributed by atoms with Gasteiger partial charge in [-0.3, -0.25) is 0 Å². The standard InChI is InChI=1S/C14H9ClF2O3/c15-10-6-9(16)5-4-8(10)7-20-12-3-1-2-11(17)13(12)14(18)19/h1-6H,7H2,(H,18,19). The molecular formula is C14H9ClF2O3. The molecule has 0 aliphatic rings. The third kappa shape index (κ3) is 3.05. The van der Waals surface area contributed by atoms with Gasteiger partial charge in [-0.15, -0.1) is 0 Å². The van der Waals surface area contributed by atoms with E-state index in [0.717, 1.165) is 12.1 Å². The van der Waals surface area contributed by atoms with Crippen LogP contribution in [-0.4, -0.2) is 11.1 Å². The van der Waals surface area contributed by atoms with Gasteiger partial charge < -0.3 is 9.84 Å². The van der Waals surface area contributed by atoms with Crippen LogP contribution in [0.25, 0.3) is 0 Å². The fraction of sp³-hybridized carbons (Fsp3) is 0.0714. The fourth-order valence-corrected chi connectivity index (χ4v) is 1.85. The van der Waals surface area contributed by atoms with E-state index < -0.39 is 23.2 Å². The summed E-state index contributed by atoms with van der Waals surface area (Å²) in [5.41, 5.74) is -0.0839. The molecule has 0 aliphatic heterocycles. The van der Waals surface area contributed by atoms with E-state index in [1.165, 1.54) is 24.3 Å². The van der Waals surface area contributed by atoms with E-state index in [1.54, 1.807) is 0 Å². The van der Waals surface area contributed by atoms with Crippen molar-refractivity contribution in [3.63, 3.8) is 0 Å². The fourth-order valence-electron chi connectivity index (χ4n) is 1.63. The molecule has 104 valence electrons. The molecule has 0 heterocycles. The van der Waals surface area contributed by atoms with Gasteiger partial charge in [0, 0.05) is 5.56 Å². The van der Waals surface area contributed by atoms with Crippen molar-refractivity contribution in [1.29, 1.82) is 0 Å². The third-order valence-corrected chi connectivity index (χ3v) is 2.94. The van der Waals surface area contributed by atoms with Crippen LogP contribution in [0.3, 0.4) is 0 Å². The lowest BCUT2D eigenvalue weighted by molar-refractivity contribution is 0.0686. The van der Waals surface area contributed by atoms with Crippen LogP contribution in [0.2, 0.25) is 5.02 Å². The molecule has 3 nitrogen and oxygen atoms in total. The van der Waals surface area contributed by atoms with Crippen molar-refractivity contribution in [3.05, 3.63) is 64.2 Å². The topological polar surface area (TPSA) is 46.5 Å². The van der Waals surface area contributed by atoms with Crippen molar-refractivity contribution in [2.75, 3.05) is 0 Å². The molecular weight excluding hydrogens is 290 g/mol. The minimum atomic E-state index is -1.43. The van der Waals surface area contributed by atoms with Gasteiger partial charge in [0.25, 0.3) is 0 Å². The number of hydrogen-bond acceptors (Lipinski definition) is 2. The van der Waals surface area contributed by atoms with E-state index in [-0.39, 0.29) is 17.4 Å². The van der Waals surface area contributed by atoms with E-state index in [9.17, 15) is 13.6 Å². The third-order valence-electron chi connectivity index (χ3n) is 2.59. The minimum absolute atomic E-state index is 0.0944. The lowest BCUT2D eigenvalue weighted by Crippen LogP contribution is -2.06. The van der Waals surface area contributed by atoms with Gasteiger partial charge in [-0.1, -0.05) is 23.7 Å². The van der Waals surface area contributed by atoms with Gasteiger partial charge in [0.05, 0.1) is 5.02 Å². The van der Waals surface area contributed by atoms with E-state index in [2.05, 4.69) is 0 Å². The van der Waals surface area contributed by atoms with Crippen LogP contribution in [0.5, 0.6) is 5.75 Å². The highest BCUT2D eigenvalue weighted by molar-refractivity contribution is 6.31. The summed E-state index contributed by atoms with van der Waals surface area (Å²) in [7, 11) is 0. The second kappa shape index (κ2) is 5.88. The van der Waals surface area contributed by atoms with Crippen LogP contribution in [0.4, 0.5) is 8.78 Å². The molecule has 0 aromatic heterocycles. The maximum Gasteiger partial charge on any atom is 0.342 e. The van der Waals surface area contributed by atoms with Crippen LogP contribution in [0, 0.1) is 11.6 Å². The Morgan fingerprint density at radius 1 is 1.25 bits per heavy atom. The molecule has 2 aromatic carbocycles. The van der Waals surface area contributed by atoms with Gasteiger partial charge in [-0.25, -0.2) is 13.6 Å². The minimum Gasteiger partial charge on any atom is -0.488 e. The highest BCUT2D eigenvalue weighted by Gasteiger charge is 2.17. The summed E-state index contributed by atoms with van der Waals surface area (Å²) >= 11 is 5.82. The van der Waals surface area contributed by atoms with E-state index in [0.29, 0.717) is 5.56 Å². The molecule has 0 bridgehead atoms. The van der Waals surface area contributed by atoms with Gasteiger partial charge in [-0.2, -0.15) is 0 Å². The highest BCUT2D eigenvalue weighted by atomic mass is 35.5. The average molecular weight is 299 g/mol. The molecule has 0 aliphatic carbocycles. The summed E-state index contributed by atoms with van der Waals surface area (Å²) in [5, 5.41) is 9.09. The summed E-state index contributed by atoms with van der Waals surface area (Å²) < 4.78 is 31.6. The number of ether oxygens (including phenoxy) is 1. The van der Waals surface area contributed by atoms with Crippen molar-refractivity contribution in [2.45, 2.75) is 6.61 Å². The van der Waals surface area contributed by atoms with Crippen molar-refractivity contribution >= 4 is 17.6 Å². The number of carbonyl (C=O) groups is 1. The Labute approximate surface area is 118 Å². The zero-order chi connectivity index (χ0) is 14.7. The summed E-state index contributed by atoms with van der Waals surface area (Å²) in [4.78, 5) is 11.0. The smallest absolute Gasteiger partial charge is 0.342 e. The first-order chi connectivity index (χ1) is 9.49. The number of aromatic carboxylic acids is 1. The van der Waals surface area contributed by atoms with Crippen molar-refractivity contribution in [1.82, 2.24) is 0 Å². The van der Waals surface area contributed by atoms with E-state index >= 15 is 0 Å². The molecule has 20 heavy (non-hydrogen) atoms. The van der Waals surface area contributed by atoms with Crippen LogP contribution >= 0.6 is 11.6 Å². The predicted octanol–water partition coefficient (Wildman–Crippen LogP) is 3.90. The molecule has 6 heteroatoms. The van der Waals surface area contributed by atoms with Crippen LogP contribution in [0.15, 0.2) is 36.4 Å². The Hall–Kier alpha value is -2.14. The Morgan fingerprint density at radius 2 is 2.00 bits per heavy atom. The number of benzene rings is 2. The second-order valence-electron chi connectivity index (χ2n) is 3.94. The zero-order valence-corrected chi connectivity index (χ0v) is 10.8. The van der Waals surface area contributed by atoms with Gasteiger partial charge >= 0.3 is 5.97 Å². The Bertz CT molecular complexity index is 659. The van der Waals surface area contributed by atoms with Crippen molar-refractivity contribution in [2.24, 2.45) is 0 Å². The number of carboxylic acids is 1. The molecule has 0 fully saturated rings. The molecule has 0 spiro atoms. The zero-order valence-electron chi connectivity index (χ0n) is 10.1. The SMILES string of the molecule is O=C(O)c1c(F)cccc1OCc1ccc(F)cc1Cl. The molecule has 0 amide bonds. The second-order valence-corrected chi connectivity index (χ2v) is 4.35. The molecule has 2 rings (SSSR count). The molecule has 2 aromatic rings. The van der Waals surface area contributed by atoms with E-state index in [1.807, 2.05) is 0 Å². The molecule has 0 radical (unpaired) electrons. The average Bonchev–Trinajstić information content (AvgIpc) is 2.37. The normalized spacial score (nSPS) is 10.3. The van der Waals surface area contributed by atoms with Crippen LogP contribution in [0.1, 0.15) is 15.9 Å². The Balaban J connectivity index is 2.23. The lowest BCUT2D eigenvalue weighted by Gasteiger charge is -2.10. The van der Waals surface area contributed by atoms with Gasteiger partial charge in [0.2, 0.25) is 0 Å². The molecule has 0 unspecified atom stereocenters. The first kappa shape index (κ1) is 14.3. The maximum atomic E-state index is 13.4. The first-order valence-electron chi connectivity index (χ1n) is 5.57. The predicted molar refractivity (Wildman–Crippen MR) is 69.1 cm³/mol. The maximum absolute atomic E-state index is 13.4. The van der Waals surface area contributed by atoms with Gasteiger partial charge in [0.1, 0.15) is 29.6 Å². The molecule has 0 saturated heterocycles. The quantitative estimate of drug-likeness (QED) is 0.931. The monoisotopic (exact) mass is 298 g/mol. The van der Waals surface area contributed by atoms with Crippen molar-refractivity contribution in [3.8, 4) is 5.75 Å². The molecule has 0 atom stereocenters. The Kier molecular flexibility index (Phi) is 4.20. The van der Waals surface area contributed by atoms with Gasteiger partial charge in [-0.05, 0) is 24.3 Å². The molecule has 1 N–H and O–H groups in total. The number of rotatable bonds is 4. The first-order valence-corrected chi connectivity index (χ1v) is 5.95. The lowest BCUT2D eigenvalue weighted by atomic mass is 10.2. The Morgan fingerprint density at radius 3 is 2.65 bits per heavy atom. The highest BCUT2D eigenvalue weighted by Crippen LogP contribution is 2.24.